The maximum Gasteiger partial charge on any atom is 0.336 e. The third kappa shape index (κ3) is 3.04. The van der Waals surface area contributed by atoms with Crippen LogP contribution in [0.4, 0.5) is 0 Å². The average Bonchev–Trinajstić information content (AvgIpc) is 2.86. The van der Waals surface area contributed by atoms with Crippen LogP contribution in [-0.2, 0) is 0 Å². The number of hydrogen-bond donors (Lipinski definition) is 0. The molecule has 5 nitrogen and oxygen atoms in total. The van der Waals surface area contributed by atoms with Gasteiger partial charge in [-0.15, -0.1) is 12.4 Å². The van der Waals surface area contributed by atoms with Gasteiger partial charge in [-0.3, -0.25) is 0 Å². The van der Waals surface area contributed by atoms with Gasteiger partial charge in [0.1, 0.15) is 6.61 Å². The molecule has 0 spiro atoms. The predicted octanol–water partition coefficient (Wildman–Crippen LogP) is 2.90. The fourth-order valence-corrected chi connectivity index (χ4v) is 2.07. The van der Waals surface area contributed by atoms with Crippen molar-refractivity contribution >= 4 is 34.3 Å². The Balaban J connectivity index is 0.00000161. The Hall–Kier alpha value is -1.98. The first-order valence-corrected chi connectivity index (χ1v) is 6.37. The minimum absolute atomic E-state index is 0. The summed E-state index contributed by atoms with van der Waals surface area (Å²) in [5, 5.41) is 1.74. The summed E-state index contributed by atoms with van der Waals surface area (Å²) in [6.07, 6.45) is 1.60. The van der Waals surface area contributed by atoms with E-state index in [2.05, 4.69) is 0 Å². The SMILES string of the molecule is CN(C)CCOc1c2occc2cc2ccc(=O)oc12.Cl. The number of likely N-dealkylation sites (N-methyl/N-ethyl adjacent to an activating group) is 1. The second-order valence-electron chi connectivity index (χ2n) is 4.87. The molecule has 3 rings (SSSR count). The molecule has 0 aliphatic rings. The average molecular weight is 310 g/mol. The zero-order valence-electron chi connectivity index (χ0n) is 11.8. The highest BCUT2D eigenvalue weighted by molar-refractivity contribution is 5.99. The first kappa shape index (κ1) is 15.4. The molecule has 0 unspecified atom stereocenters. The lowest BCUT2D eigenvalue weighted by Gasteiger charge is -2.12. The van der Waals surface area contributed by atoms with Gasteiger partial charge in [-0.05, 0) is 32.3 Å². The Kier molecular flexibility index (Phi) is 4.55. The molecule has 0 saturated carbocycles. The quantitative estimate of drug-likeness (QED) is 0.694. The van der Waals surface area contributed by atoms with Crippen LogP contribution in [0.1, 0.15) is 0 Å². The summed E-state index contributed by atoms with van der Waals surface area (Å²) in [7, 11) is 3.93. The first-order valence-electron chi connectivity index (χ1n) is 6.37. The summed E-state index contributed by atoms with van der Waals surface area (Å²) in [5.74, 6) is 0.488. The minimum atomic E-state index is -0.402. The molecule has 3 aromatic rings. The van der Waals surface area contributed by atoms with E-state index in [1.54, 1.807) is 12.3 Å². The van der Waals surface area contributed by atoms with Crippen molar-refractivity contribution in [3.05, 3.63) is 40.9 Å². The number of fused-ring (bicyclic) bond motifs is 2. The maximum atomic E-state index is 11.4. The van der Waals surface area contributed by atoms with Gasteiger partial charge in [-0.1, -0.05) is 0 Å². The number of furan rings is 1. The van der Waals surface area contributed by atoms with Crippen LogP contribution in [0.15, 0.2) is 44.2 Å². The molecule has 0 fully saturated rings. The van der Waals surface area contributed by atoms with Crippen molar-refractivity contribution in [2.45, 2.75) is 0 Å². The highest BCUT2D eigenvalue weighted by Gasteiger charge is 2.14. The zero-order valence-corrected chi connectivity index (χ0v) is 12.6. The van der Waals surface area contributed by atoms with E-state index in [1.165, 1.54) is 6.07 Å². The van der Waals surface area contributed by atoms with E-state index < -0.39 is 5.63 Å². The van der Waals surface area contributed by atoms with E-state index in [9.17, 15) is 4.79 Å². The Bertz CT molecular complexity index is 806. The smallest absolute Gasteiger partial charge is 0.336 e. The van der Waals surface area contributed by atoms with E-state index in [1.807, 2.05) is 31.1 Å². The summed E-state index contributed by atoms with van der Waals surface area (Å²) in [6.45, 7) is 1.25. The van der Waals surface area contributed by atoms with Crippen LogP contribution in [0, 0.1) is 0 Å². The van der Waals surface area contributed by atoms with Gasteiger partial charge in [0.25, 0.3) is 0 Å². The number of rotatable bonds is 4. The first-order chi connectivity index (χ1) is 9.65. The number of benzene rings is 1. The Labute approximate surface area is 127 Å². The van der Waals surface area contributed by atoms with Gasteiger partial charge in [-0.25, -0.2) is 4.79 Å². The molecular formula is C15H16ClNO4. The normalized spacial score (nSPS) is 11.0. The topological polar surface area (TPSA) is 55.8 Å². The van der Waals surface area contributed by atoms with Gasteiger partial charge in [0, 0.05) is 23.4 Å². The number of hydrogen-bond acceptors (Lipinski definition) is 5. The molecule has 0 saturated heterocycles. The van der Waals surface area contributed by atoms with Gasteiger partial charge in [0.05, 0.1) is 6.26 Å². The van der Waals surface area contributed by atoms with Crippen molar-refractivity contribution < 1.29 is 13.6 Å². The second-order valence-corrected chi connectivity index (χ2v) is 4.87. The lowest BCUT2D eigenvalue weighted by atomic mass is 10.1. The van der Waals surface area contributed by atoms with E-state index in [0.717, 1.165) is 17.3 Å². The van der Waals surface area contributed by atoms with Crippen LogP contribution in [0.3, 0.4) is 0 Å². The van der Waals surface area contributed by atoms with Crippen molar-refractivity contribution in [2.75, 3.05) is 27.2 Å². The van der Waals surface area contributed by atoms with E-state index in [-0.39, 0.29) is 12.4 Å². The van der Waals surface area contributed by atoms with Crippen molar-refractivity contribution in [1.82, 2.24) is 4.90 Å². The molecule has 2 heterocycles. The Morgan fingerprint density at radius 3 is 2.67 bits per heavy atom. The van der Waals surface area contributed by atoms with Gasteiger partial charge < -0.3 is 18.5 Å². The minimum Gasteiger partial charge on any atom is -0.485 e. The number of ether oxygens (including phenoxy) is 1. The number of halogens is 1. The molecule has 1 aromatic carbocycles. The van der Waals surface area contributed by atoms with Crippen LogP contribution in [0.2, 0.25) is 0 Å². The van der Waals surface area contributed by atoms with Gasteiger partial charge >= 0.3 is 5.63 Å². The van der Waals surface area contributed by atoms with E-state index in [4.69, 9.17) is 13.6 Å². The molecule has 0 aliphatic heterocycles. The standard InChI is InChI=1S/C15H15NO4.ClH/c1-16(2)6-8-19-15-13-11(5-7-18-13)9-10-3-4-12(17)20-14(10)15;/h3-5,7,9H,6,8H2,1-2H3;1H. The molecule has 0 bridgehead atoms. The second kappa shape index (κ2) is 6.20. The van der Waals surface area contributed by atoms with Crippen molar-refractivity contribution in [3.8, 4) is 5.75 Å². The molecule has 21 heavy (non-hydrogen) atoms. The highest BCUT2D eigenvalue weighted by atomic mass is 35.5. The molecule has 112 valence electrons. The molecule has 0 aliphatic carbocycles. The molecule has 0 N–H and O–H groups in total. The van der Waals surface area contributed by atoms with Crippen LogP contribution in [-0.4, -0.2) is 32.1 Å². The molecule has 6 heteroatoms. The van der Waals surface area contributed by atoms with Gasteiger partial charge in [0.15, 0.2) is 11.2 Å². The molecule has 0 amide bonds. The zero-order chi connectivity index (χ0) is 14.1. The van der Waals surface area contributed by atoms with Gasteiger partial charge in [0.2, 0.25) is 5.75 Å². The number of nitrogens with zero attached hydrogens (tertiary/aromatic N) is 1. The van der Waals surface area contributed by atoms with E-state index in [0.29, 0.717) is 23.5 Å². The van der Waals surface area contributed by atoms with Gasteiger partial charge in [-0.2, -0.15) is 0 Å². The van der Waals surface area contributed by atoms with E-state index >= 15 is 0 Å². The molecule has 2 aromatic heterocycles. The van der Waals surface area contributed by atoms with Crippen molar-refractivity contribution in [2.24, 2.45) is 0 Å². The van der Waals surface area contributed by atoms with Crippen LogP contribution < -0.4 is 10.4 Å². The largest absolute Gasteiger partial charge is 0.485 e. The summed E-state index contributed by atoms with van der Waals surface area (Å²) < 4.78 is 16.5. The Morgan fingerprint density at radius 1 is 1.14 bits per heavy atom. The highest BCUT2D eigenvalue weighted by Crippen LogP contribution is 2.34. The summed E-state index contributed by atoms with van der Waals surface area (Å²) in [4.78, 5) is 13.4. The summed E-state index contributed by atoms with van der Waals surface area (Å²) >= 11 is 0. The summed E-state index contributed by atoms with van der Waals surface area (Å²) in [5.41, 5.74) is 0.630. The maximum absolute atomic E-state index is 11.4. The van der Waals surface area contributed by atoms with Crippen LogP contribution in [0.5, 0.6) is 5.75 Å². The predicted molar refractivity (Wildman–Crippen MR) is 83.6 cm³/mol. The fourth-order valence-electron chi connectivity index (χ4n) is 2.07. The third-order valence-electron chi connectivity index (χ3n) is 3.07. The monoisotopic (exact) mass is 309 g/mol. The molecule has 0 radical (unpaired) electrons. The lowest BCUT2D eigenvalue weighted by Crippen LogP contribution is -2.19. The third-order valence-corrected chi connectivity index (χ3v) is 3.07. The Morgan fingerprint density at radius 2 is 1.90 bits per heavy atom. The fraction of sp³-hybridized carbons (Fsp3) is 0.267. The molecule has 0 atom stereocenters. The van der Waals surface area contributed by atoms with Crippen LogP contribution >= 0.6 is 12.4 Å². The van der Waals surface area contributed by atoms with Crippen molar-refractivity contribution in [3.63, 3.8) is 0 Å². The summed E-state index contributed by atoms with van der Waals surface area (Å²) in [6, 6.07) is 6.90. The van der Waals surface area contributed by atoms with Crippen LogP contribution in [0.25, 0.3) is 21.9 Å². The lowest BCUT2D eigenvalue weighted by molar-refractivity contribution is 0.260. The molecular weight excluding hydrogens is 294 g/mol. The van der Waals surface area contributed by atoms with Crippen molar-refractivity contribution in [1.29, 1.82) is 0 Å².